The maximum atomic E-state index is 12.9. The Morgan fingerprint density at radius 1 is 1.10 bits per heavy atom. The molecule has 1 heterocycles. The van der Waals surface area contributed by atoms with Gasteiger partial charge in [-0.1, -0.05) is 30.3 Å². The van der Waals surface area contributed by atoms with E-state index in [0.29, 0.717) is 12.5 Å². The maximum Gasteiger partial charge on any atom is 0.240 e. The van der Waals surface area contributed by atoms with Gasteiger partial charge in [0.25, 0.3) is 0 Å². The van der Waals surface area contributed by atoms with Gasteiger partial charge in [0.05, 0.1) is 4.90 Å². The quantitative estimate of drug-likeness (QED) is 0.637. The largest absolute Gasteiger partial charge is 0.356 e. The summed E-state index contributed by atoms with van der Waals surface area (Å²) in [7, 11) is -3.75. The number of benzene rings is 2. The molecule has 1 aliphatic heterocycles. The molecule has 0 bridgehead atoms. The number of likely N-dealkylation sites (tertiary alicyclic amines) is 1. The first kappa shape index (κ1) is 22.4. The Labute approximate surface area is 177 Å². The third-order valence-electron chi connectivity index (χ3n) is 5.21. The first-order valence-corrected chi connectivity index (χ1v) is 11.7. The van der Waals surface area contributed by atoms with E-state index in [2.05, 4.69) is 27.1 Å². The molecule has 30 heavy (non-hydrogen) atoms. The van der Waals surface area contributed by atoms with Crippen LogP contribution in [0, 0.1) is 11.7 Å². The molecule has 6 nitrogen and oxygen atoms in total. The highest BCUT2D eigenvalue weighted by Gasteiger charge is 2.20. The zero-order valence-electron chi connectivity index (χ0n) is 16.9. The van der Waals surface area contributed by atoms with E-state index in [4.69, 9.17) is 0 Å². The van der Waals surface area contributed by atoms with Crippen LogP contribution in [0.1, 0.15) is 24.8 Å². The molecular formula is C22H28FN3O3S. The summed E-state index contributed by atoms with van der Waals surface area (Å²) in [6.45, 7) is 3.50. The van der Waals surface area contributed by atoms with Crippen molar-refractivity contribution in [2.45, 2.75) is 30.7 Å². The van der Waals surface area contributed by atoms with E-state index >= 15 is 0 Å². The second-order valence-corrected chi connectivity index (χ2v) is 9.40. The van der Waals surface area contributed by atoms with E-state index in [0.717, 1.165) is 44.6 Å². The average molecular weight is 434 g/mol. The molecule has 1 saturated heterocycles. The van der Waals surface area contributed by atoms with Gasteiger partial charge >= 0.3 is 0 Å². The van der Waals surface area contributed by atoms with Crippen molar-refractivity contribution in [3.63, 3.8) is 0 Å². The fourth-order valence-corrected chi connectivity index (χ4v) is 4.68. The van der Waals surface area contributed by atoms with Crippen LogP contribution in [0.25, 0.3) is 0 Å². The van der Waals surface area contributed by atoms with Gasteiger partial charge in [-0.2, -0.15) is 0 Å². The first-order valence-electron chi connectivity index (χ1n) is 10.2. The highest BCUT2D eigenvalue weighted by molar-refractivity contribution is 7.89. The smallest absolute Gasteiger partial charge is 0.240 e. The summed E-state index contributed by atoms with van der Waals surface area (Å²) in [5, 5.41) is 2.92. The van der Waals surface area contributed by atoms with Gasteiger partial charge in [-0.05, 0) is 55.1 Å². The summed E-state index contributed by atoms with van der Waals surface area (Å²) in [6, 6.07) is 14.9. The van der Waals surface area contributed by atoms with E-state index in [9.17, 15) is 17.6 Å². The molecule has 1 fully saturated rings. The van der Waals surface area contributed by atoms with Gasteiger partial charge < -0.3 is 5.32 Å². The third kappa shape index (κ3) is 6.90. The van der Waals surface area contributed by atoms with Gasteiger partial charge in [-0.25, -0.2) is 17.5 Å². The zero-order chi connectivity index (χ0) is 21.4. The van der Waals surface area contributed by atoms with Crippen molar-refractivity contribution in [3.8, 4) is 0 Å². The van der Waals surface area contributed by atoms with Crippen LogP contribution in [0.2, 0.25) is 0 Å². The van der Waals surface area contributed by atoms with Gasteiger partial charge in [0.2, 0.25) is 15.9 Å². The van der Waals surface area contributed by atoms with Crippen molar-refractivity contribution in [2.24, 2.45) is 5.92 Å². The van der Waals surface area contributed by atoms with Crippen molar-refractivity contribution in [3.05, 3.63) is 66.0 Å². The first-order chi connectivity index (χ1) is 14.4. The summed E-state index contributed by atoms with van der Waals surface area (Å²) in [4.78, 5) is 14.5. The fraction of sp³-hybridized carbons (Fsp3) is 0.409. The molecular weight excluding hydrogens is 405 g/mol. The minimum Gasteiger partial charge on any atom is -0.356 e. The molecule has 1 aliphatic rings. The summed E-state index contributed by atoms with van der Waals surface area (Å²) in [6.07, 6.45) is 2.23. The highest BCUT2D eigenvalue weighted by Crippen LogP contribution is 2.18. The van der Waals surface area contributed by atoms with E-state index in [1.54, 1.807) is 0 Å². The topological polar surface area (TPSA) is 78.5 Å². The summed E-state index contributed by atoms with van der Waals surface area (Å²) in [5.41, 5.74) is 1.29. The Balaban J connectivity index is 1.37. The monoisotopic (exact) mass is 433 g/mol. The van der Waals surface area contributed by atoms with Gasteiger partial charge in [0, 0.05) is 32.6 Å². The number of hydrogen-bond donors (Lipinski definition) is 2. The van der Waals surface area contributed by atoms with E-state index in [1.807, 2.05) is 18.2 Å². The lowest BCUT2D eigenvalue weighted by Crippen LogP contribution is -2.41. The minimum atomic E-state index is -3.75. The lowest BCUT2D eigenvalue weighted by Gasteiger charge is -2.32. The van der Waals surface area contributed by atoms with Crippen LogP contribution in [-0.4, -0.2) is 45.4 Å². The van der Waals surface area contributed by atoms with Crippen LogP contribution in [0.15, 0.2) is 59.5 Å². The number of halogens is 1. The number of sulfonamides is 1. The molecule has 0 spiro atoms. The maximum absolute atomic E-state index is 12.9. The van der Waals surface area contributed by atoms with E-state index in [-0.39, 0.29) is 23.8 Å². The number of carbonyl (C=O) groups is 1. The molecule has 2 N–H and O–H groups in total. The molecule has 1 amide bonds. The highest BCUT2D eigenvalue weighted by atomic mass is 32.2. The third-order valence-corrected chi connectivity index (χ3v) is 6.69. The molecule has 2 aromatic carbocycles. The summed E-state index contributed by atoms with van der Waals surface area (Å²) in [5.74, 6) is -0.294. The number of piperidine rings is 1. The molecule has 162 valence electrons. The molecule has 0 aromatic heterocycles. The Bertz CT molecular complexity index is 920. The molecule has 0 aliphatic carbocycles. The van der Waals surface area contributed by atoms with Crippen LogP contribution in [0.4, 0.5) is 4.39 Å². The number of nitrogens with zero attached hydrogens (tertiary/aromatic N) is 1. The van der Waals surface area contributed by atoms with Crippen LogP contribution in [0.5, 0.6) is 0 Å². The number of amides is 1. The standard InChI is InChI=1S/C22H28FN3O3S/c23-20-8-10-21(11-9-20)30(28,29)25-13-12-22(27)24-15-19-7-4-14-26(17-19)16-18-5-2-1-3-6-18/h1-3,5-6,8-11,19,25H,4,7,12-17H2,(H,24,27). The van der Waals surface area contributed by atoms with Gasteiger partial charge in [-0.3, -0.25) is 9.69 Å². The van der Waals surface area contributed by atoms with Crippen LogP contribution < -0.4 is 10.0 Å². The van der Waals surface area contributed by atoms with Crippen molar-refractivity contribution in [1.29, 1.82) is 0 Å². The van der Waals surface area contributed by atoms with Crippen LogP contribution in [0.3, 0.4) is 0 Å². The molecule has 8 heteroatoms. The van der Waals surface area contributed by atoms with Crippen molar-refractivity contribution < 1.29 is 17.6 Å². The number of nitrogens with one attached hydrogen (secondary N) is 2. The normalized spacial score (nSPS) is 17.6. The molecule has 1 unspecified atom stereocenters. The Morgan fingerprint density at radius 2 is 1.83 bits per heavy atom. The average Bonchev–Trinajstić information content (AvgIpc) is 2.73. The lowest BCUT2D eigenvalue weighted by molar-refractivity contribution is -0.121. The van der Waals surface area contributed by atoms with Gasteiger partial charge in [0.15, 0.2) is 0 Å². The number of rotatable bonds is 9. The van der Waals surface area contributed by atoms with Crippen LogP contribution >= 0.6 is 0 Å². The van der Waals surface area contributed by atoms with Crippen molar-refractivity contribution in [1.82, 2.24) is 14.9 Å². The molecule has 3 rings (SSSR count). The van der Waals surface area contributed by atoms with E-state index < -0.39 is 15.8 Å². The number of hydrogen-bond acceptors (Lipinski definition) is 4. The van der Waals surface area contributed by atoms with E-state index in [1.165, 1.54) is 17.7 Å². The van der Waals surface area contributed by atoms with Crippen molar-refractivity contribution >= 4 is 15.9 Å². The minimum absolute atomic E-state index is 0.00363. The SMILES string of the molecule is O=C(CCNS(=O)(=O)c1ccc(F)cc1)NCC1CCCN(Cc2ccccc2)C1. The number of carbonyl (C=O) groups excluding carboxylic acids is 1. The van der Waals surface area contributed by atoms with Crippen molar-refractivity contribution in [2.75, 3.05) is 26.2 Å². The predicted molar refractivity (Wildman–Crippen MR) is 114 cm³/mol. The Hall–Kier alpha value is -2.29. The molecule has 0 radical (unpaired) electrons. The lowest BCUT2D eigenvalue weighted by atomic mass is 9.97. The predicted octanol–water partition coefficient (Wildman–Crippen LogP) is 2.52. The second kappa shape index (κ2) is 10.7. The fourth-order valence-electron chi connectivity index (χ4n) is 3.65. The van der Waals surface area contributed by atoms with Crippen LogP contribution in [-0.2, 0) is 21.4 Å². The molecule has 2 aromatic rings. The summed E-state index contributed by atoms with van der Waals surface area (Å²) >= 11 is 0. The molecule has 1 atom stereocenters. The molecule has 0 saturated carbocycles. The van der Waals surface area contributed by atoms with Gasteiger partial charge in [0.1, 0.15) is 5.82 Å². The summed E-state index contributed by atoms with van der Waals surface area (Å²) < 4.78 is 39.6. The Kier molecular flexibility index (Phi) is 7.95. The second-order valence-electron chi connectivity index (χ2n) is 7.63. The zero-order valence-corrected chi connectivity index (χ0v) is 17.7. The Morgan fingerprint density at radius 3 is 2.57 bits per heavy atom. The van der Waals surface area contributed by atoms with Gasteiger partial charge in [-0.15, -0.1) is 0 Å².